The van der Waals surface area contributed by atoms with E-state index in [1.54, 1.807) is 18.2 Å². The Labute approximate surface area is 111 Å². The van der Waals surface area contributed by atoms with Gasteiger partial charge in [0, 0.05) is 11.1 Å². The molecule has 3 nitrogen and oxygen atoms in total. The van der Waals surface area contributed by atoms with Crippen LogP contribution in [0.15, 0.2) is 42.5 Å². The molecule has 4 N–H and O–H groups in total. The topological polar surface area (TPSA) is 61.3 Å². The molecular weight excluding hydrogens is 248 g/mol. The quantitative estimate of drug-likeness (QED) is 0.829. The molecule has 1 unspecified atom stereocenters. The van der Waals surface area contributed by atoms with Gasteiger partial charge in [0.15, 0.2) is 0 Å². The van der Waals surface area contributed by atoms with Gasteiger partial charge >= 0.3 is 0 Å². The summed E-state index contributed by atoms with van der Waals surface area (Å²) in [5.74, 6) is 1.29. The maximum absolute atomic E-state index is 5.83. The Morgan fingerprint density at radius 1 is 1.17 bits per heavy atom. The molecule has 1 atom stereocenters. The van der Waals surface area contributed by atoms with Gasteiger partial charge in [-0.25, -0.2) is 0 Å². The van der Waals surface area contributed by atoms with E-state index in [-0.39, 0.29) is 6.04 Å². The van der Waals surface area contributed by atoms with Gasteiger partial charge in [-0.1, -0.05) is 23.7 Å². The molecule has 2 rings (SSSR count). The summed E-state index contributed by atoms with van der Waals surface area (Å²) in [6, 6.07) is 12.7. The highest BCUT2D eigenvalue weighted by Crippen LogP contribution is 2.30. The third-order valence-electron chi connectivity index (χ3n) is 2.58. The molecule has 0 aliphatic rings. The van der Waals surface area contributed by atoms with Crippen molar-refractivity contribution in [2.45, 2.75) is 13.0 Å². The zero-order chi connectivity index (χ0) is 13.1. The fourth-order valence-corrected chi connectivity index (χ4v) is 1.78. The van der Waals surface area contributed by atoms with Crippen LogP contribution >= 0.6 is 11.6 Å². The van der Waals surface area contributed by atoms with Crippen molar-refractivity contribution in [3.8, 4) is 11.5 Å². The van der Waals surface area contributed by atoms with Gasteiger partial charge in [0.05, 0.1) is 5.69 Å². The maximum Gasteiger partial charge on any atom is 0.150 e. The SMILES string of the molecule is CC(N)c1cccc(Oc2ccc(Cl)cc2N)c1. The van der Waals surface area contributed by atoms with Gasteiger partial charge in [-0.05, 0) is 42.8 Å². The summed E-state index contributed by atoms with van der Waals surface area (Å²) in [6.07, 6.45) is 0. The minimum atomic E-state index is -0.0314. The molecule has 0 amide bonds. The lowest BCUT2D eigenvalue weighted by atomic mass is 10.1. The summed E-state index contributed by atoms with van der Waals surface area (Å²) in [5, 5.41) is 0.587. The van der Waals surface area contributed by atoms with Gasteiger partial charge in [-0.3, -0.25) is 0 Å². The number of hydrogen-bond donors (Lipinski definition) is 2. The molecule has 94 valence electrons. The first-order valence-corrected chi connectivity index (χ1v) is 6.02. The fraction of sp³-hybridized carbons (Fsp3) is 0.143. The molecule has 0 spiro atoms. The smallest absolute Gasteiger partial charge is 0.150 e. The van der Waals surface area contributed by atoms with Crippen molar-refractivity contribution in [1.82, 2.24) is 0 Å². The van der Waals surface area contributed by atoms with E-state index in [1.807, 2.05) is 31.2 Å². The molecule has 0 aliphatic heterocycles. The lowest BCUT2D eigenvalue weighted by Gasteiger charge is -2.11. The molecule has 0 saturated heterocycles. The third-order valence-corrected chi connectivity index (χ3v) is 2.82. The van der Waals surface area contributed by atoms with Gasteiger partial charge in [0.2, 0.25) is 0 Å². The van der Waals surface area contributed by atoms with Crippen LogP contribution in [0.2, 0.25) is 5.02 Å². The molecule has 0 fully saturated rings. The first-order chi connectivity index (χ1) is 8.56. The Morgan fingerprint density at radius 2 is 1.94 bits per heavy atom. The molecule has 0 bridgehead atoms. The average Bonchev–Trinajstić information content (AvgIpc) is 2.33. The molecule has 18 heavy (non-hydrogen) atoms. The first kappa shape index (κ1) is 12.7. The standard InChI is InChI=1S/C14H15ClN2O/c1-9(16)10-3-2-4-12(7-10)18-14-6-5-11(15)8-13(14)17/h2-9H,16-17H2,1H3. The zero-order valence-electron chi connectivity index (χ0n) is 10.1. The molecule has 0 heterocycles. The van der Waals surface area contributed by atoms with Gasteiger partial charge < -0.3 is 16.2 Å². The van der Waals surface area contributed by atoms with E-state index >= 15 is 0 Å². The number of nitrogen functional groups attached to an aromatic ring is 1. The van der Waals surface area contributed by atoms with Crippen molar-refractivity contribution < 1.29 is 4.74 Å². The molecule has 0 aliphatic carbocycles. The summed E-state index contributed by atoms with van der Waals surface area (Å²) >= 11 is 5.83. The number of benzene rings is 2. The van der Waals surface area contributed by atoms with Crippen molar-refractivity contribution in [3.05, 3.63) is 53.1 Å². The van der Waals surface area contributed by atoms with Crippen molar-refractivity contribution in [2.75, 3.05) is 5.73 Å². The summed E-state index contributed by atoms with van der Waals surface area (Å²) in [7, 11) is 0. The van der Waals surface area contributed by atoms with Crippen LogP contribution in [0.3, 0.4) is 0 Å². The van der Waals surface area contributed by atoms with Gasteiger partial charge in [-0.2, -0.15) is 0 Å². The Kier molecular flexibility index (Phi) is 3.75. The molecule has 0 radical (unpaired) electrons. The number of nitrogens with two attached hydrogens (primary N) is 2. The predicted molar refractivity (Wildman–Crippen MR) is 75.0 cm³/mol. The second-order valence-electron chi connectivity index (χ2n) is 4.15. The van der Waals surface area contributed by atoms with Crippen LogP contribution < -0.4 is 16.2 Å². The van der Waals surface area contributed by atoms with Crippen molar-refractivity contribution in [2.24, 2.45) is 5.73 Å². The molecule has 0 saturated carbocycles. The fourth-order valence-electron chi connectivity index (χ4n) is 1.60. The van der Waals surface area contributed by atoms with E-state index in [2.05, 4.69) is 0 Å². The van der Waals surface area contributed by atoms with E-state index < -0.39 is 0 Å². The minimum Gasteiger partial charge on any atom is -0.455 e. The number of rotatable bonds is 3. The lowest BCUT2D eigenvalue weighted by Crippen LogP contribution is -2.04. The van der Waals surface area contributed by atoms with E-state index in [0.29, 0.717) is 22.2 Å². The Balaban J connectivity index is 2.25. The number of hydrogen-bond acceptors (Lipinski definition) is 3. The van der Waals surface area contributed by atoms with Crippen molar-refractivity contribution in [1.29, 1.82) is 0 Å². The zero-order valence-corrected chi connectivity index (χ0v) is 10.8. The second-order valence-corrected chi connectivity index (χ2v) is 4.58. The van der Waals surface area contributed by atoms with Crippen molar-refractivity contribution >= 4 is 17.3 Å². The van der Waals surface area contributed by atoms with E-state index in [9.17, 15) is 0 Å². The van der Waals surface area contributed by atoms with Crippen LogP contribution in [-0.4, -0.2) is 0 Å². The summed E-state index contributed by atoms with van der Waals surface area (Å²) in [6.45, 7) is 1.93. The van der Waals surface area contributed by atoms with Gasteiger partial charge in [0.1, 0.15) is 11.5 Å². The highest BCUT2D eigenvalue weighted by atomic mass is 35.5. The minimum absolute atomic E-state index is 0.0314. The number of anilines is 1. The normalized spacial score (nSPS) is 12.2. The number of halogens is 1. The lowest BCUT2D eigenvalue weighted by molar-refractivity contribution is 0.484. The van der Waals surface area contributed by atoms with E-state index in [0.717, 1.165) is 5.56 Å². The Morgan fingerprint density at radius 3 is 2.61 bits per heavy atom. The molecule has 2 aromatic carbocycles. The average molecular weight is 263 g/mol. The summed E-state index contributed by atoms with van der Waals surface area (Å²) in [4.78, 5) is 0. The van der Waals surface area contributed by atoms with Crippen LogP contribution in [0.5, 0.6) is 11.5 Å². The second kappa shape index (κ2) is 5.29. The van der Waals surface area contributed by atoms with Crippen LogP contribution in [0, 0.1) is 0 Å². The van der Waals surface area contributed by atoms with Gasteiger partial charge in [0.25, 0.3) is 0 Å². The van der Waals surface area contributed by atoms with Gasteiger partial charge in [-0.15, -0.1) is 0 Å². The monoisotopic (exact) mass is 262 g/mol. The predicted octanol–water partition coefficient (Wildman–Crippen LogP) is 3.73. The van der Waals surface area contributed by atoms with Crippen LogP contribution in [0.25, 0.3) is 0 Å². The third kappa shape index (κ3) is 2.94. The summed E-state index contributed by atoms with van der Waals surface area (Å²) < 4.78 is 5.72. The van der Waals surface area contributed by atoms with E-state index in [1.165, 1.54) is 0 Å². The first-order valence-electron chi connectivity index (χ1n) is 5.64. The van der Waals surface area contributed by atoms with Crippen molar-refractivity contribution in [3.63, 3.8) is 0 Å². The van der Waals surface area contributed by atoms with E-state index in [4.69, 9.17) is 27.8 Å². The van der Waals surface area contributed by atoms with Crippen LogP contribution in [-0.2, 0) is 0 Å². The molecule has 2 aromatic rings. The largest absolute Gasteiger partial charge is 0.455 e. The molecule has 0 aromatic heterocycles. The maximum atomic E-state index is 5.83. The Hall–Kier alpha value is -1.71. The Bertz CT molecular complexity index is 555. The molecule has 4 heteroatoms. The number of ether oxygens (including phenoxy) is 1. The highest BCUT2D eigenvalue weighted by Gasteiger charge is 2.05. The molecular formula is C14H15ClN2O. The van der Waals surface area contributed by atoms with Crippen LogP contribution in [0.4, 0.5) is 5.69 Å². The highest BCUT2D eigenvalue weighted by molar-refractivity contribution is 6.30. The van der Waals surface area contributed by atoms with Crippen LogP contribution in [0.1, 0.15) is 18.5 Å². The summed E-state index contributed by atoms with van der Waals surface area (Å²) in [5.41, 5.74) is 13.2.